The average Bonchev–Trinajstić information content (AvgIpc) is 2.86. The number of hydrogen-bond acceptors (Lipinski definition) is 12. The van der Waals surface area contributed by atoms with Crippen LogP contribution in [0.3, 0.4) is 0 Å². The van der Waals surface area contributed by atoms with Crippen LogP contribution in [-0.4, -0.2) is 129 Å². The number of aliphatic hydroxyl groups excluding tert-OH is 3. The zero-order valence-electron chi connectivity index (χ0n) is 21.8. The molecule has 11 nitrogen and oxygen atoms in total. The van der Waals surface area contributed by atoms with Crippen molar-refractivity contribution >= 4 is 71.4 Å². The Hall–Kier alpha value is -0.680. The number of nitrogens with one attached hydrogen (secondary N) is 4. The fraction of sp³-hybridized carbons (Fsp3) is 0.818. The normalized spacial score (nSPS) is 16.1. The van der Waals surface area contributed by atoms with E-state index in [9.17, 15) is 19.2 Å². The molecule has 0 heterocycles. The van der Waals surface area contributed by atoms with Crippen molar-refractivity contribution in [3.05, 3.63) is 0 Å². The minimum absolute atomic E-state index is 0. The summed E-state index contributed by atoms with van der Waals surface area (Å²) in [4.78, 5) is 51.1. The SMILES string of the molecule is CNC(C(=O)NC(CS)C(=O)NC(CSCCO)C(=O)NC(C(C)=O)C(C)SCCO)C(C)SCCO.[HH]. The maximum atomic E-state index is 13.1. The van der Waals surface area contributed by atoms with Crippen LogP contribution in [0.2, 0.25) is 0 Å². The molecule has 0 fully saturated rings. The number of thiol groups is 1. The summed E-state index contributed by atoms with van der Waals surface area (Å²) in [7, 11) is 1.63. The van der Waals surface area contributed by atoms with Crippen LogP contribution in [0.1, 0.15) is 22.2 Å². The quantitative estimate of drug-likeness (QED) is 0.0580. The third-order valence-corrected chi connectivity index (χ3v) is 9.02. The van der Waals surface area contributed by atoms with Gasteiger partial charge in [-0.05, 0) is 14.0 Å². The molecule has 0 aliphatic heterocycles. The second-order valence-electron chi connectivity index (χ2n) is 8.07. The number of Topliss-reactive ketones (excluding diaryl/α,β-unsaturated/α-hetero) is 1. The Labute approximate surface area is 239 Å². The van der Waals surface area contributed by atoms with E-state index in [4.69, 9.17) is 15.3 Å². The zero-order chi connectivity index (χ0) is 28.4. The van der Waals surface area contributed by atoms with Gasteiger partial charge in [-0.25, -0.2) is 0 Å². The Balaban J connectivity index is 0. The van der Waals surface area contributed by atoms with Gasteiger partial charge in [-0.1, -0.05) is 13.8 Å². The molecule has 15 heteroatoms. The van der Waals surface area contributed by atoms with E-state index in [1.54, 1.807) is 14.0 Å². The monoisotopic (exact) mass is 604 g/mol. The Morgan fingerprint density at radius 3 is 1.73 bits per heavy atom. The maximum Gasteiger partial charge on any atom is 0.244 e. The largest absolute Gasteiger partial charge is 0.396 e. The lowest BCUT2D eigenvalue weighted by atomic mass is 10.1. The highest BCUT2D eigenvalue weighted by molar-refractivity contribution is 8.00. The van der Waals surface area contributed by atoms with Crippen molar-refractivity contribution in [2.45, 2.75) is 55.4 Å². The summed E-state index contributed by atoms with van der Waals surface area (Å²) in [5.41, 5.74) is 0. The van der Waals surface area contributed by atoms with Gasteiger partial charge in [0.1, 0.15) is 12.1 Å². The van der Waals surface area contributed by atoms with Crippen molar-refractivity contribution in [2.24, 2.45) is 0 Å². The molecule has 6 atom stereocenters. The summed E-state index contributed by atoms with van der Waals surface area (Å²) < 4.78 is 0. The fourth-order valence-electron chi connectivity index (χ4n) is 3.23. The number of ketones is 1. The molecule has 37 heavy (non-hydrogen) atoms. The smallest absolute Gasteiger partial charge is 0.244 e. The number of hydrogen-bond donors (Lipinski definition) is 8. The molecule has 3 amide bonds. The van der Waals surface area contributed by atoms with Crippen molar-refractivity contribution in [1.82, 2.24) is 21.3 Å². The van der Waals surface area contributed by atoms with E-state index in [1.165, 1.54) is 42.2 Å². The average molecular weight is 605 g/mol. The number of carbonyl (C=O) groups excluding carboxylic acids is 4. The number of aliphatic hydroxyl groups is 3. The molecular weight excluding hydrogens is 561 g/mol. The van der Waals surface area contributed by atoms with Crippen molar-refractivity contribution in [3.63, 3.8) is 0 Å². The summed E-state index contributed by atoms with van der Waals surface area (Å²) in [6.45, 7) is 4.78. The molecular formula is C22H44N4O7S4. The summed E-state index contributed by atoms with van der Waals surface area (Å²) in [5, 5.41) is 37.7. The van der Waals surface area contributed by atoms with Crippen molar-refractivity contribution < 1.29 is 35.9 Å². The topological polar surface area (TPSA) is 177 Å². The molecule has 0 aromatic carbocycles. The van der Waals surface area contributed by atoms with Gasteiger partial charge in [0.25, 0.3) is 0 Å². The second kappa shape index (κ2) is 21.2. The number of likely N-dealkylation sites (N-methyl/N-ethyl adjacent to an activating group) is 1. The Bertz CT molecular complexity index is 715. The lowest BCUT2D eigenvalue weighted by molar-refractivity contribution is -0.132. The molecule has 0 rings (SSSR count). The van der Waals surface area contributed by atoms with E-state index < -0.39 is 41.9 Å². The van der Waals surface area contributed by atoms with E-state index in [-0.39, 0.29) is 49.0 Å². The number of amides is 3. The highest BCUT2D eigenvalue weighted by atomic mass is 32.2. The molecule has 0 saturated carbocycles. The summed E-state index contributed by atoms with van der Waals surface area (Å²) >= 11 is 8.20. The predicted octanol–water partition coefficient (Wildman–Crippen LogP) is -1.25. The predicted molar refractivity (Wildman–Crippen MR) is 158 cm³/mol. The van der Waals surface area contributed by atoms with Gasteiger partial charge < -0.3 is 36.6 Å². The van der Waals surface area contributed by atoms with Crippen LogP contribution in [-0.2, 0) is 19.2 Å². The minimum atomic E-state index is -1.03. The molecule has 0 aliphatic carbocycles. The first-order valence-corrected chi connectivity index (χ1v) is 15.8. The van der Waals surface area contributed by atoms with Crippen molar-refractivity contribution in [1.29, 1.82) is 0 Å². The lowest BCUT2D eigenvalue weighted by Gasteiger charge is -2.28. The Morgan fingerprint density at radius 2 is 1.27 bits per heavy atom. The molecule has 0 aromatic rings. The fourth-order valence-corrected chi connectivity index (χ4v) is 6.11. The van der Waals surface area contributed by atoms with E-state index in [2.05, 4.69) is 33.9 Å². The Morgan fingerprint density at radius 1 is 0.784 bits per heavy atom. The minimum Gasteiger partial charge on any atom is -0.396 e. The van der Waals surface area contributed by atoms with Crippen LogP contribution in [0, 0.1) is 0 Å². The van der Waals surface area contributed by atoms with E-state index in [1.807, 2.05) is 6.92 Å². The second-order valence-corrected chi connectivity index (χ2v) is 12.6. The van der Waals surface area contributed by atoms with E-state index in [0.29, 0.717) is 17.3 Å². The third-order valence-electron chi connectivity index (χ3n) is 5.18. The third kappa shape index (κ3) is 14.3. The van der Waals surface area contributed by atoms with Gasteiger partial charge in [0.15, 0.2) is 5.78 Å². The van der Waals surface area contributed by atoms with Gasteiger partial charge in [0, 0.05) is 40.7 Å². The highest BCUT2D eigenvalue weighted by Gasteiger charge is 2.32. The van der Waals surface area contributed by atoms with E-state index >= 15 is 0 Å². The molecule has 0 aromatic heterocycles. The maximum absolute atomic E-state index is 13.1. The lowest BCUT2D eigenvalue weighted by Crippen LogP contribution is -2.59. The van der Waals surface area contributed by atoms with Gasteiger partial charge in [-0.2, -0.15) is 47.9 Å². The molecule has 0 spiro atoms. The first kappa shape index (κ1) is 36.3. The highest BCUT2D eigenvalue weighted by Crippen LogP contribution is 2.16. The summed E-state index contributed by atoms with van der Waals surface area (Å²) in [6, 6.07) is -3.50. The van der Waals surface area contributed by atoms with Crippen LogP contribution in [0.25, 0.3) is 0 Å². The van der Waals surface area contributed by atoms with Crippen LogP contribution >= 0.6 is 47.9 Å². The zero-order valence-corrected chi connectivity index (χ0v) is 25.1. The molecule has 7 N–H and O–H groups in total. The first-order chi connectivity index (χ1) is 17.6. The van der Waals surface area contributed by atoms with Crippen LogP contribution in [0.15, 0.2) is 0 Å². The van der Waals surface area contributed by atoms with Gasteiger partial charge in [0.2, 0.25) is 17.7 Å². The van der Waals surface area contributed by atoms with Gasteiger partial charge in [0.05, 0.1) is 31.9 Å². The molecule has 218 valence electrons. The van der Waals surface area contributed by atoms with E-state index in [0.717, 1.165) is 0 Å². The summed E-state index contributed by atoms with van der Waals surface area (Å²) in [5.74, 6) is -0.522. The molecule has 6 unspecified atom stereocenters. The van der Waals surface area contributed by atoms with Crippen molar-refractivity contribution in [2.75, 3.05) is 55.6 Å². The molecule has 0 radical (unpaired) electrons. The number of thioether (sulfide) groups is 3. The Kier molecular flexibility index (Phi) is 20.8. The summed E-state index contributed by atoms with van der Waals surface area (Å²) in [6.07, 6.45) is 0. The molecule has 0 saturated heterocycles. The number of carbonyl (C=O) groups is 4. The standard InChI is InChI=1S/C22H42N4O7S4.H2/c1-13(30)18(14(2)36-9-6-28)26-21(32)17(12-35-8-5-27)25-20(31)16(11-34)24-22(33)19(23-4)15(3)37-10-7-29;/h14-19,23,27-29,34H,5-12H2,1-4H3,(H,24,33)(H,25,31)(H,26,32);1H. The molecule has 0 aliphatic rings. The van der Waals surface area contributed by atoms with Crippen molar-refractivity contribution in [3.8, 4) is 0 Å². The van der Waals surface area contributed by atoms with Gasteiger partial charge in [-0.3, -0.25) is 19.2 Å². The first-order valence-electron chi connectivity index (χ1n) is 11.9. The molecule has 0 bridgehead atoms. The number of rotatable bonds is 21. The van der Waals surface area contributed by atoms with Crippen LogP contribution in [0.5, 0.6) is 0 Å². The van der Waals surface area contributed by atoms with Gasteiger partial charge >= 0.3 is 0 Å². The van der Waals surface area contributed by atoms with Gasteiger partial charge in [-0.15, -0.1) is 0 Å². The van der Waals surface area contributed by atoms with Crippen LogP contribution in [0.4, 0.5) is 0 Å². The van der Waals surface area contributed by atoms with Crippen LogP contribution < -0.4 is 21.3 Å².